The number of hydrogen-bond donors (Lipinski definition) is 2. The highest BCUT2D eigenvalue weighted by molar-refractivity contribution is 6.03. The number of carbonyl (C=O) groups is 3. The van der Waals surface area contributed by atoms with Crippen LogP contribution in [0.25, 0.3) is 0 Å². The zero-order valence-corrected chi connectivity index (χ0v) is 12.0. The van der Waals surface area contributed by atoms with Crippen molar-refractivity contribution >= 4 is 23.7 Å². The largest absolute Gasteiger partial charge is 0.465 e. The van der Waals surface area contributed by atoms with E-state index in [2.05, 4.69) is 26.7 Å². The summed E-state index contributed by atoms with van der Waals surface area (Å²) in [5.74, 6) is -1.23. The van der Waals surface area contributed by atoms with E-state index in [9.17, 15) is 14.4 Å². The second-order valence-corrected chi connectivity index (χ2v) is 4.10. The maximum absolute atomic E-state index is 11.7. The molecule has 0 saturated heterocycles. The smallest absolute Gasteiger partial charge is 0.339 e. The van der Waals surface area contributed by atoms with Gasteiger partial charge in [-0.1, -0.05) is 6.58 Å². The van der Waals surface area contributed by atoms with Crippen LogP contribution in [0.2, 0.25) is 0 Å². The summed E-state index contributed by atoms with van der Waals surface area (Å²) in [6.45, 7) is 5.13. The van der Waals surface area contributed by atoms with E-state index in [1.165, 1.54) is 32.4 Å². The van der Waals surface area contributed by atoms with Crippen LogP contribution in [0.15, 0.2) is 30.5 Å². The molecule has 1 rings (SSSR count). The van der Waals surface area contributed by atoms with Crippen LogP contribution < -0.4 is 10.6 Å². The van der Waals surface area contributed by atoms with E-state index in [-0.39, 0.29) is 16.8 Å². The fourth-order valence-electron chi connectivity index (χ4n) is 1.53. The highest BCUT2D eigenvalue weighted by Gasteiger charge is 2.17. The lowest BCUT2D eigenvalue weighted by atomic mass is 10.1. The topological polar surface area (TPSA) is 93.7 Å². The minimum Gasteiger partial charge on any atom is -0.465 e. The maximum atomic E-state index is 11.7. The second-order valence-electron chi connectivity index (χ2n) is 4.10. The van der Waals surface area contributed by atoms with E-state index in [4.69, 9.17) is 0 Å². The monoisotopic (exact) mass is 292 g/mol. The number of hydrogen-bond acceptors (Lipinski definition) is 5. The van der Waals surface area contributed by atoms with Crippen LogP contribution in [0.1, 0.15) is 27.6 Å². The van der Waals surface area contributed by atoms with Crippen molar-refractivity contribution in [2.45, 2.75) is 6.92 Å². The molecule has 112 valence electrons. The summed E-state index contributed by atoms with van der Waals surface area (Å²) < 4.78 is 9.21. The molecule has 0 aromatic heterocycles. The standard InChI is InChI=1S/C14H16N2O5/c1-8(2)15-14(19)16-11-7-9(12(17)20-3)5-6-10(11)13(18)21-4/h5-7H,1H2,2-4H3,(H2,15,16,19). The number of urea groups is 1. The van der Waals surface area contributed by atoms with Crippen LogP contribution in [-0.4, -0.2) is 32.2 Å². The Balaban J connectivity index is 3.16. The molecule has 0 aliphatic rings. The zero-order chi connectivity index (χ0) is 16.0. The first kappa shape index (κ1) is 16.2. The second kappa shape index (κ2) is 7.09. The Morgan fingerprint density at radius 1 is 1.10 bits per heavy atom. The fraction of sp³-hybridized carbons (Fsp3) is 0.214. The molecule has 1 aromatic rings. The van der Waals surface area contributed by atoms with Crippen LogP contribution in [0.4, 0.5) is 10.5 Å². The van der Waals surface area contributed by atoms with Crippen LogP contribution in [0.5, 0.6) is 0 Å². The van der Waals surface area contributed by atoms with Crippen LogP contribution in [0, 0.1) is 0 Å². The summed E-state index contributed by atoms with van der Waals surface area (Å²) in [5, 5.41) is 4.88. The molecular formula is C14H16N2O5. The van der Waals surface area contributed by atoms with Crippen molar-refractivity contribution in [3.8, 4) is 0 Å². The number of allylic oxidation sites excluding steroid dienone is 1. The average Bonchev–Trinajstić information content (AvgIpc) is 2.44. The molecule has 0 unspecified atom stereocenters. The number of anilines is 1. The molecule has 0 saturated carbocycles. The SMILES string of the molecule is C=C(C)NC(=O)Nc1cc(C(=O)OC)ccc1C(=O)OC. The van der Waals surface area contributed by atoms with Gasteiger partial charge in [0.15, 0.2) is 0 Å². The van der Waals surface area contributed by atoms with Crippen LogP contribution >= 0.6 is 0 Å². The molecule has 0 fully saturated rings. The first-order valence-electron chi connectivity index (χ1n) is 5.93. The number of ether oxygens (including phenoxy) is 2. The van der Waals surface area contributed by atoms with Gasteiger partial charge in [-0.25, -0.2) is 14.4 Å². The molecule has 2 N–H and O–H groups in total. The van der Waals surface area contributed by atoms with E-state index in [1.54, 1.807) is 6.92 Å². The van der Waals surface area contributed by atoms with Gasteiger partial charge in [0.2, 0.25) is 0 Å². The molecule has 21 heavy (non-hydrogen) atoms. The fourth-order valence-corrected chi connectivity index (χ4v) is 1.53. The van der Waals surface area contributed by atoms with Crippen LogP contribution in [-0.2, 0) is 9.47 Å². The Morgan fingerprint density at radius 2 is 1.71 bits per heavy atom. The third-order valence-electron chi connectivity index (χ3n) is 2.42. The third kappa shape index (κ3) is 4.34. The first-order valence-corrected chi connectivity index (χ1v) is 5.93. The molecule has 0 heterocycles. The van der Waals surface area contributed by atoms with Gasteiger partial charge in [0, 0.05) is 5.70 Å². The minimum atomic E-state index is -0.642. The number of benzene rings is 1. The number of rotatable bonds is 4. The highest BCUT2D eigenvalue weighted by Crippen LogP contribution is 2.19. The van der Waals surface area contributed by atoms with E-state index >= 15 is 0 Å². The van der Waals surface area contributed by atoms with Crippen LogP contribution in [0.3, 0.4) is 0 Å². The Kier molecular flexibility index (Phi) is 5.48. The maximum Gasteiger partial charge on any atom is 0.339 e. The lowest BCUT2D eigenvalue weighted by Crippen LogP contribution is -2.27. The molecule has 0 bridgehead atoms. The molecule has 0 spiro atoms. The first-order chi connectivity index (χ1) is 9.88. The molecule has 7 heteroatoms. The number of carbonyl (C=O) groups excluding carboxylic acids is 3. The number of amides is 2. The third-order valence-corrected chi connectivity index (χ3v) is 2.42. The number of nitrogens with one attached hydrogen (secondary N) is 2. The molecule has 0 aliphatic heterocycles. The Hall–Kier alpha value is -2.83. The molecule has 0 radical (unpaired) electrons. The highest BCUT2D eigenvalue weighted by atomic mass is 16.5. The molecule has 7 nitrogen and oxygen atoms in total. The lowest BCUT2D eigenvalue weighted by Gasteiger charge is -2.12. The summed E-state index contributed by atoms with van der Waals surface area (Å²) in [4.78, 5) is 34.8. The molecular weight excluding hydrogens is 276 g/mol. The lowest BCUT2D eigenvalue weighted by molar-refractivity contribution is 0.0587. The van der Waals surface area contributed by atoms with Crippen molar-refractivity contribution in [3.63, 3.8) is 0 Å². The van der Waals surface area contributed by atoms with Crippen molar-refractivity contribution in [1.82, 2.24) is 5.32 Å². The summed E-state index contributed by atoms with van der Waals surface area (Å²) in [6.07, 6.45) is 0. The average molecular weight is 292 g/mol. The number of methoxy groups -OCH3 is 2. The number of esters is 2. The van der Waals surface area contributed by atoms with Crippen molar-refractivity contribution in [1.29, 1.82) is 0 Å². The normalized spacial score (nSPS) is 9.48. The van der Waals surface area contributed by atoms with Gasteiger partial charge in [-0.2, -0.15) is 0 Å². The molecule has 2 amide bonds. The van der Waals surface area contributed by atoms with Crippen molar-refractivity contribution in [2.24, 2.45) is 0 Å². The quantitative estimate of drug-likeness (QED) is 0.827. The van der Waals surface area contributed by atoms with E-state index in [0.717, 1.165) is 0 Å². The van der Waals surface area contributed by atoms with E-state index in [1.807, 2.05) is 0 Å². The van der Waals surface area contributed by atoms with Gasteiger partial charge in [0.1, 0.15) is 0 Å². The van der Waals surface area contributed by atoms with Gasteiger partial charge in [0.05, 0.1) is 31.0 Å². The molecule has 1 aromatic carbocycles. The summed E-state index contributed by atoms with van der Waals surface area (Å²) in [6, 6.07) is 3.51. The van der Waals surface area contributed by atoms with Crippen molar-refractivity contribution in [2.75, 3.05) is 19.5 Å². The molecule has 0 atom stereocenters. The van der Waals surface area contributed by atoms with Gasteiger partial charge in [-0.3, -0.25) is 0 Å². The van der Waals surface area contributed by atoms with Gasteiger partial charge in [0.25, 0.3) is 0 Å². The minimum absolute atomic E-state index is 0.113. The van der Waals surface area contributed by atoms with E-state index < -0.39 is 18.0 Å². The summed E-state index contributed by atoms with van der Waals surface area (Å²) in [7, 11) is 2.45. The van der Waals surface area contributed by atoms with Crippen molar-refractivity contribution in [3.05, 3.63) is 41.6 Å². The predicted molar refractivity (Wildman–Crippen MR) is 76.1 cm³/mol. The Labute approximate surface area is 121 Å². The predicted octanol–water partition coefficient (Wildman–Crippen LogP) is 1.91. The Bertz CT molecular complexity index is 595. The van der Waals surface area contributed by atoms with Gasteiger partial charge in [-0.15, -0.1) is 0 Å². The summed E-state index contributed by atoms with van der Waals surface area (Å²) in [5.41, 5.74) is 0.859. The van der Waals surface area contributed by atoms with Gasteiger partial charge in [-0.05, 0) is 25.1 Å². The van der Waals surface area contributed by atoms with Gasteiger partial charge >= 0.3 is 18.0 Å². The summed E-state index contributed by atoms with van der Waals surface area (Å²) >= 11 is 0. The zero-order valence-electron chi connectivity index (χ0n) is 12.0. The van der Waals surface area contributed by atoms with Gasteiger partial charge < -0.3 is 20.1 Å². The molecule has 0 aliphatic carbocycles. The Morgan fingerprint density at radius 3 is 2.24 bits per heavy atom. The van der Waals surface area contributed by atoms with Crippen molar-refractivity contribution < 1.29 is 23.9 Å². The van der Waals surface area contributed by atoms with E-state index in [0.29, 0.717) is 5.70 Å².